The molecule has 1 saturated heterocycles. The number of carbonyl (C=O) groups is 1. The summed E-state index contributed by atoms with van der Waals surface area (Å²) < 4.78 is 13.6. The zero-order valence-electron chi connectivity index (χ0n) is 11.7. The second kappa shape index (κ2) is 7.18. The van der Waals surface area contributed by atoms with E-state index >= 15 is 0 Å². The number of hydrogen-bond acceptors (Lipinski definition) is 2. The minimum Gasteiger partial charge on any atom is -0.338 e. The molecule has 1 amide bonds. The van der Waals surface area contributed by atoms with E-state index in [1.807, 2.05) is 4.90 Å². The number of hydrogen-bond donors (Lipinski definition) is 1. The molecule has 1 aliphatic heterocycles. The summed E-state index contributed by atoms with van der Waals surface area (Å²) in [5.74, 6) is -0.175. The molecule has 0 spiro atoms. The summed E-state index contributed by atoms with van der Waals surface area (Å²) in [5, 5.41) is 3.30. The van der Waals surface area contributed by atoms with Crippen molar-refractivity contribution in [2.75, 3.05) is 19.6 Å². The van der Waals surface area contributed by atoms with Crippen LogP contribution in [0, 0.1) is 5.82 Å². The van der Waals surface area contributed by atoms with E-state index < -0.39 is 0 Å². The summed E-state index contributed by atoms with van der Waals surface area (Å²) in [4.78, 5) is 14.4. The van der Waals surface area contributed by atoms with Crippen molar-refractivity contribution in [1.29, 1.82) is 0 Å². The smallest absolute Gasteiger partial charge is 0.227 e. The summed E-state index contributed by atoms with van der Waals surface area (Å²) >= 11 is 3.16. The Morgan fingerprint density at radius 3 is 2.95 bits per heavy atom. The molecule has 1 unspecified atom stereocenters. The lowest BCUT2D eigenvalue weighted by molar-refractivity contribution is -0.132. The zero-order valence-corrected chi connectivity index (χ0v) is 13.2. The van der Waals surface area contributed by atoms with Gasteiger partial charge in [0.05, 0.1) is 10.9 Å². The van der Waals surface area contributed by atoms with Crippen LogP contribution < -0.4 is 5.32 Å². The van der Waals surface area contributed by atoms with Gasteiger partial charge < -0.3 is 10.2 Å². The Balaban J connectivity index is 2.05. The van der Waals surface area contributed by atoms with E-state index in [9.17, 15) is 9.18 Å². The SMILES string of the molecule is CCCN(C(=O)Cc1ccc(F)c(Br)c1)C1CCNC1. The highest BCUT2D eigenvalue weighted by Crippen LogP contribution is 2.18. The number of halogens is 2. The van der Waals surface area contributed by atoms with E-state index in [2.05, 4.69) is 28.2 Å². The Bertz CT molecular complexity index is 475. The molecule has 110 valence electrons. The van der Waals surface area contributed by atoms with Gasteiger partial charge in [-0.2, -0.15) is 0 Å². The van der Waals surface area contributed by atoms with Gasteiger partial charge in [0.1, 0.15) is 5.82 Å². The first-order valence-electron chi connectivity index (χ1n) is 7.06. The van der Waals surface area contributed by atoms with E-state index in [4.69, 9.17) is 0 Å². The molecule has 1 atom stereocenters. The molecular weight excluding hydrogens is 323 g/mol. The van der Waals surface area contributed by atoms with Crippen molar-refractivity contribution in [3.05, 3.63) is 34.1 Å². The Labute approximate surface area is 127 Å². The van der Waals surface area contributed by atoms with Crippen LogP contribution in [0.1, 0.15) is 25.3 Å². The maximum absolute atomic E-state index is 13.2. The Morgan fingerprint density at radius 1 is 1.55 bits per heavy atom. The normalized spacial score (nSPS) is 18.2. The maximum atomic E-state index is 13.2. The van der Waals surface area contributed by atoms with Gasteiger partial charge >= 0.3 is 0 Å². The fraction of sp³-hybridized carbons (Fsp3) is 0.533. The summed E-state index contributed by atoms with van der Waals surface area (Å²) in [6.07, 6.45) is 2.30. The number of amides is 1. The summed E-state index contributed by atoms with van der Waals surface area (Å²) in [6.45, 7) is 4.71. The second-order valence-electron chi connectivity index (χ2n) is 5.16. The first-order chi connectivity index (χ1) is 9.61. The van der Waals surface area contributed by atoms with Gasteiger partial charge in [0.15, 0.2) is 0 Å². The third-order valence-corrected chi connectivity index (χ3v) is 4.21. The van der Waals surface area contributed by atoms with Gasteiger partial charge in [0, 0.05) is 19.1 Å². The third-order valence-electron chi connectivity index (χ3n) is 3.60. The predicted molar refractivity (Wildman–Crippen MR) is 81.1 cm³/mol. The van der Waals surface area contributed by atoms with Gasteiger partial charge in [0.25, 0.3) is 0 Å². The van der Waals surface area contributed by atoms with Gasteiger partial charge in [-0.1, -0.05) is 13.0 Å². The minimum atomic E-state index is -0.299. The molecule has 0 aliphatic carbocycles. The lowest BCUT2D eigenvalue weighted by atomic mass is 10.1. The quantitative estimate of drug-likeness (QED) is 0.892. The highest BCUT2D eigenvalue weighted by atomic mass is 79.9. The summed E-state index contributed by atoms with van der Waals surface area (Å²) in [7, 11) is 0. The van der Waals surface area contributed by atoms with E-state index in [0.29, 0.717) is 16.9 Å². The number of nitrogens with one attached hydrogen (secondary N) is 1. The van der Waals surface area contributed by atoms with Crippen LogP contribution in [0.3, 0.4) is 0 Å². The van der Waals surface area contributed by atoms with Crippen molar-refractivity contribution in [2.45, 2.75) is 32.2 Å². The van der Waals surface area contributed by atoms with Crippen LogP contribution in [0.2, 0.25) is 0 Å². The van der Waals surface area contributed by atoms with Crippen LogP contribution in [-0.4, -0.2) is 36.5 Å². The molecule has 20 heavy (non-hydrogen) atoms. The molecule has 1 aliphatic rings. The van der Waals surface area contributed by atoms with Crippen LogP contribution in [0.4, 0.5) is 4.39 Å². The monoisotopic (exact) mass is 342 g/mol. The van der Waals surface area contributed by atoms with Crippen molar-refractivity contribution >= 4 is 21.8 Å². The van der Waals surface area contributed by atoms with E-state index in [1.54, 1.807) is 12.1 Å². The van der Waals surface area contributed by atoms with Crippen molar-refractivity contribution in [2.24, 2.45) is 0 Å². The molecule has 0 aromatic heterocycles. The number of benzene rings is 1. The molecule has 1 aromatic carbocycles. The largest absolute Gasteiger partial charge is 0.338 e. The predicted octanol–water partition coefficient (Wildman–Crippen LogP) is 2.73. The lowest BCUT2D eigenvalue weighted by Crippen LogP contribution is -2.42. The van der Waals surface area contributed by atoms with Gasteiger partial charge in [-0.25, -0.2) is 4.39 Å². The van der Waals surface area contributed by atoms with Gasteiger partial charge in [-0.15, -0.1) is 0 Å². The second-order valence-corrected chi connectivity index (χ2v) is 6.01. The third kappa shape index (κ3) is 3.79. The Kier molecular flexibility index (Phi) is 5.54. The highest BCUT2D eigenvalue weighted by Gasteiger charge is 2.25. The molecule has 2 rings (SSSR count). The number of carbonyl (C=O) groups excluding carboxylic acids is 1. The van der Waals surface area contributed by atoms with Crippen molar-refractivity contribution < 1.29 is 9.18 Å². The fourth-order valence-electron chi connectivity index (χ4n) is 2.58. The topological polar surface area (TPSA) is 32.3 Å². The van der Waals surface area contributed by atoms with Crippen molar-refractivity contribution in [3.8, 4) is 0 Å². The molecule has 3 nitrogen and oxygen atoms in total. The molecule has 0 saturated carbocycles. The van der Waals surface area contributed by atoms with Crippen molar-refractivity contribution in [3.63, 3.8) is 0 Å². The first kappa shape index (κ1) is 15.4. The highest BCUT2D eigenvalue weighted by molar-refractivity contribution is 9.10. The number of nitrogens with zero attached hydrogens (tertiary/aromatic N) is 1. The van der Waals surface area contributed by atoms with Crippen LogP contribution >= 0.6 is 15.9 Å². The van der Waals surface area contributed by atoms with Crippen LogP contribution in [-0.2, 0) is 11.2 Å². The fourth-order valence-corrected chi connectivity index (χ4v) is 3.01. The van der Waals surface area contributed by atoms with E-state index in [-0.39, 0.29) is 11.7 Å². The van der Waals surface area contributed by atoms with Gasteiger partial charge in [0.2, 0.25) is 5.91 Å². The van der Waals surface area contributed by atoms with Gasteiger partial charge in [-0.3, -0.25) is 4.79 Å². The molecular formula is C15H20BrFN2O. The first-order valence-corrected chi connectivity index (χ1v) is 7.85. The molecule has 0 radical (unpaired) electrons. The standard InChI is InChI=1S/C15H20BrFN2O/c1-2-7-19(12-5-6-18-10-12)15(20)9-11-3-4-14(17)13(16)8-11/h3-4,8,12,18H,2,5-7,9-10H2,1H3. The van der Waals surface area contributed by atoms with Crippen LogP contribution in [0.25, 0.3) is 0 Å². The zero-order chi connectivity index (χ0) is 14.5. The minimum absolute atomic E-state index is 0.124. The lowest BCUT2D eigenvalue weighted by Gasteiger charge is -2.28. The van der Waals surface area contributed by atoms with Gasteiger partial charge in [-0.05, 0) is 53.0 Å². The number of rotatable bonds is 5. The summed E-state index contributed by atoms with van der Waals surface area (Å²) in [5.41, 5.74) is 0.843. The molecule has 1 heterocycles. The molecule has 5 heteroatoms. The Morgan fingerprint density at radius 2 is 2.35 bits per heavy atom. The van der Waals surface area contributed by atoms with E-state index in [0.717, 1.165) is 38.0 Å². The molecule has 1 fully saturated rings. The molecule has 0 bridgehead atoms. The maximum Gasteiger partial charge on any atom is 0.227 e. The van der Waals surface area contributed by atoms with Crippen molar-refractivity contribution in [1.82, 2.24) is 10.2 Å². The van der Waals surface area contributed by atoms with Crippen LogP contribution in [0.15, 0.2) is 22.7 Å². The summed E-state index contributed by atoms with van der Waals surface area (Å²) in [6, 6.07) is 5.05. The Hall–Kier alpha value is -0.940. The van der Waals surface area contributed by atoms with E-state index in [1.165, 1.54) is 6.07 Å². The average molecular weight is 343 g/mol. The average Bonchev–Trinajstić information content (AvgIpc) is 2.94. The molecule has 1 aromatic rings. The molecule has 1 N–H and O–H groups in total. The van der Waals surface area contributed by atoms with Crippen LogP contribution in [0.5, 0.6) is 0 Å².